The fourth-order valence-electron chi connectivity index (χ4n) is 1.32. The second kappa shape index (κ2) is 5.96. The Morgan fingerprint density at radius 3 is 2.35 bits per heavy atom. The summed E-state index contributed by atoms with van der Waals surface area (Å²) in [6.07, 6.45) is 2.26. The average Bonchev–Trinajstić information content (AvgIpc) is 2.24. The molecule has 0 bridgehead atoms. The lowest BCUT2D eigenvalue weighted by Gasteiger charge is -2.07. The molecule has 1 rings (SSSR count). The number of benzene rings is 1. The monoisotopic (exact) mass is 258 g/mol. The third-order valence-electron chi connectivity index (χ3n) is 2.16. The van der Waals surface area contributed by atoms with Gasteiger partial charge >= 0.3 is 7.82 Å². The number of hydrogen-bond acceptors (Lipinski definition) is 3. The van der Waals surface area contributed by atoms with Crippen LogP contribution in [0, 0.1) is 0 Å². The van der Waals surface area contributed by atoms with Crippen molar-refractivity contribution in [2.75, 3.05) is 0 Å². The number of carbonyl (C=O) groups is 1. The van der Waals surface area contributed by atoms with Crippen molar-refractivity contribution in [3.05, 3.63) is 29.8 Å². The molecule has 17 heavy (non-hydrogen) atoms. The Morgan fingerprint density at radius 1 is 1.29 bits per heavy atom. The molecule has 2 N–H and O–H groups in total. The Morgan fingerprint density at radius 2 is 1.88 bits per heavy atom. The normalized spacial score (nSPS) is 11.2. The van der Waals surface area contributed by atoms with Gasteiger partial charge in [-0.3, -0.25) is 14.6 Å². The minimum Gasteiger partial charge on any atom is -0.404 e. The number of Topliss-reactive ketones (excluding diaryl/α,β-unsaturated/α-hetero) is 1. The van der Waals surface area contributed by atoms with Crippen LogP contribution in [0.2, 0.25) is 0 Å². The van der Waals surface area contributed by atoms with Gasteiger partial charge in [0.25, 0.3) is 0 Å². The van der Waals surface area contributed by atoms with Crippen molar-refractivity contribution in [1.29, 1.82) is 0 Å². The summed E-state index contributed by atoms with van der Waals surface area (Å²) in [4.78, 5) is 28.8. The molecule has 0 amide bonds. The first-order valence-corrected chi connectivity index (χ1v) is 6.84. The van der Waals surface area contributed by atoms with Gasteiger partial charge in [-0.05, 0) is 30.7 Å². The maximum atomic E-state index is 11.6. The second-order valence-electron chi connectivity index (χ2n) is 3.63. The molecule has 0 aliphatic heterocycles. The Hall–Kier alpha value is -1.16. The zero-order chi connectivity index (χ0) is 12.9. The van der Waals surface area contributed by atoms with Gasteiger partial charge in [0.05, 0.1) is 0 Å². The highest BCUT2D eigenvalue weighted by Gasteiger charge is 2.15. The van der Waals surface area contributed by atoms with Gasteiger partial charge in [0.1, 0.15) is 5.75 Å². The fourth-order valence-corrected chi connectivity index (χ4v) is 1.72. The topological polar surface area (TPSA) is 83.8 Å². The van der Waals surface area contributed by atoms with Crippen molar-refractivity contribution in [3.63, 3.8) is 0 Å². The third-order valence-corrected chi connectivity index (χ3v) is 2.61. The van der Waals surface area contributed by atoms with Gasteiger partial charge in [0, 0.05) is 12.0 Å². The van der Waals surface area contributed by atoms with Crippen LogP contribution in [0.25, 0.3) is 0 Å². The third kappa shape index (κ3) is 5.13. The minimum absolute atomic E-state index is 0.0228. The van der Waals surface area contributed by atoms with Crippen LogP contribution in [0.15, 0.2) is 24.3 Å². The van der Waals surface area contributed by atoms with Crippen molar-refractivity contribution in [2.24, 2.45) is 0 Å². The SMILES string of the molecule is CCCCC(=O)c1ccc(OP(=O)(O)O)cc1. The summed E-state index contributed by atoms with van der Waals surface area (Å²) >= 11 is 0. The Balaban J connectivity index is 2.68. The zero-order valence-corrected chi connectivity index (χ0v) is 10.4. The van der Waals surface area contributed by atoms with Crippen LogP contribution in [0.5, 0.6) is 5.75 Å². The molecule has 0 atom stereocenters. The molecule has 1 aromatic rings. The molecule has 0 radical (unpaired) electrons. The molecule has 0 aliphatic rings. The van der Waals surface area contributed by atoms with E-state index < -0.39 is 7.82 Å². The van der Waals surface area contributed by atoms with E-state index in [1.807, 2.05) is 6.92 Å². The highest BCUT2D eigenvalue weighted by molar-refractivity contribution is 7.46. The second-order valence-corrected chi connectivity index (χ2v) is 4.80. The Labute approximate surface area is 99.7 Å². The van der Waals surface area contributed by atoms with Crippen molar-refractivity contribution < 1.29 is 23.7 Å². The smallest absolute Gasteiger partial charge is 0.404 e. The van der Waals surface area contributed by atoms with Crippen molar-refractivity contribution >= 4 is 13.6 Å². The highest BCUT2D eigenvalue weighted by atomic mass is 31.2. The first-order valence-electron chi connectivity index (χ1n) is 5.31. The number of rotatable bonds is 6. The van der Waals surface area contributed by atoms with E-state index in [0.717, 1.165) is 12.8 Å². The van der Waals surface area contributed by atoms with E-state index in [0.29, 0.717) is 12.0 Å². The van der Waals surface area contributed by atoms with Crippen LogP contribution in [-0.4, -0.2) is 15.6 Å². The Kier molecular flexibility index (Phi) is 4.87. The molecule has 0 spiro atoms. The van der Waals surface area contributed by atoms with E-state index in [4.69, 9.17) is 9.79 Å². The standard InChI is InChI=1S/C11H15O5P/c1-2-3-4-11(12)9-5-7-10(8-6-9)16-17(13,14)15/h5-8H,2-4H2,1H3,(H2,13,14,15). The number of phosphoric ester groups is 1. The van der Waals surface area contributed by atoms with Crippen molar-refractivity contribution in [2.45, 2.75) is 26.2 Å². The summed E-state index contributed by atoms with van der Waals surface area (Å²) in [6, 6.07) is 5.75. The predicted octanol–water partition coefficient (Wildman–Crippen LogP) is 2.53. The molecular weight excluding hydrogens is 243 g/mol. The predicted molar refractivity (Wildman–Crippen MR) is 63.0 cm³/mol. The van der Waals surface area contributed by atoms with E-state index in [-0.39, 0.29) is 11.5 Å². The van der Waals surface area contributed by atoms with E-state index >= 15 is 0 Å². The van der Waals surface area contributed by atoms with Gasteiger partial charge in [0.15, 0.2) is 5.78 Å². The lowest BCUT2D eigenvalue weighted by atomic mass is 10.1. The summed E-state index contributed by atoms with van der Waals surface area (Å²) in [6.45, 7) is 2.00. The van der Waals surface area contributed by atoms with Crippen LogP contribution in [0.3, 0.4) is 0 Å². The first-order chi connectivity index (χ1) is 7.92. The lowest BCUT2D eigenvalue weighted by Crippen LogP contribution is -1.98. The number of ketones is 1. The molecule has 0 fully saturated rings. The van der Waals surface area contributed by atoms with Gasteiger partial charge in [-0.2, -0.15) is 0 Å². The highest BCUT2D eigenvalue weighted by Crippen LogP contribution is 2.37. The molecule has 0 aromatic heterocycles. The van der Waals surface area contributed by atoms with Gasteiger partial charge in [0.2, 0.25) is 0 Å². The van der Waals surface area contributed by atoms with E-state index in [2.05, 4.69) is 4.52 Å². The van der Waals surface area contributed by atoms with Crippen molar-refractivity contribution in [1.82, 2.24) is 0 Å². The molecule has 0 heterocycles. The van der Waals surface area contributed by atoms with Gasteiger partial charge in [-0.1, -0.05) is 13.3 Å². The van der Waals surface area contributed by atoms with Crippen LogP contribution >= 0.6 is 7.82 Å². The van der Waals surface area contributed by atoms with Gasteiger partial charge in [-0.25, -0.2) is 4.57 Å². The van der Waals surface area contributed by atoms with Crippen LogP contribution in [-0.2, 0) is 4.57 Å². The summed E-state index contributed by atoms with van der Waals surface area (Å²) in [5.74, 6) is 0.0694. The zero-order valence-electron chi connectivity index (χ0n) is 9.50. The molecule has 94 valence electrons. The fraction of sp³-hybridized carbons (Fsp3) is 0.364. The average molecular weight is 258 g/mol. The molecule has 0 saturated heterocycles. The molecule has 1 aromatic carbocycles. The molecule has 0 saturated carbocycles. The molecule has 0 aliphatic carbocycles. The summed E-state index contributed by atoms with van der Waals surface area (Å²) in [5, 5.41) is 0. The largest absolute Gasteiger partial charge is 0.524 e. The summed E-state index contributed by atoms with van der Waals surface area (Å²) < 4.78 is 14.9. The summed E-state index contributed by atoms with van der Waals surface area (Å²) in [5.41, 5.74) is 0.525. The number of hydrogen-bond donors (Lipinski definition) is 2. The summed E-state index contributed by atoms with van der Waals surface area (Å²) in [7, 11) is -4.53. The van der Waals surface area contributed by atoms with Gasteiger partial charge in [-0.15, -0.1) is 0 Å². The van der Waals surface area contributed by atoms with Crippen LogP contribution < -0.4 is 4.52 Å². The molecule has 5 nitrogen and oxygen atoms in total. The maximum Gasteiger partial charge on any atom is 0.524 e. The van der Waals surface area contributed by atoms with Gasteiger partial charge < -0.3 is 4.52 Å². The Bertz CT molecular complexity index is 420. The minimum atomic E-state index is -4.53. The maximum absolute atomic E-state index is 11.6. The molecule has 0 unspecified atom stereocenters. The molecular formula is C11H15O5P. The molecule has 6 heteroatoms. The number of unbranched alkanes of at least 4 members (excludes halogenated alkanes) is 1. The van der Waals surface area contributed by atoms with Crippen LogP contribution in [0.4, 0.5) is 0 Å². The number of phosphoric acid groups is 1. The van der Waals surface area contributed by atoms with Crippen LogP contribution in [0.1, 0.15) is 36.5 Å². The number of carbonyl (C=O) groups excluding carboxylic acids is 1. The quantitative estimate of drug-likeness (QED) is 0.605. The van der Waals surface area contributed by atoms with E-state index in [1.54, 1.807) is 0 Å². The van der Waals surface area contributed by atoms with E-state index in [9.17, 15) is 9.36 Å². The van der Waals surface area contributed by atoms with E-state index in [1.165, 1.54) is 24.3 Å². The first kappa shape index (κ1) is 13.9. The lowest BCUT2D eigenvalue weighted by molar-refractivity contribution is 0.0980. The van der Waals surface area contributed by atoms with Crippen molar-refractivity contribution in [3.8, 4) is 5.75 Å².